The lowest BCUT2D eigenvalue weighted by atomic mass is 10.2. The second kappa shape index (κ2) is 12.2. The van der Waals surface area contributed by atoms with Crippen LogP contribution in [0.3, 0.4) is 0 Å². The van der Waals surface area contributed by atoms with Gasteiger partial charge in [0, 0.05) is 12.3 Å². The molecule has 2 unspecified atom stereocenters. The molecular formula is C19H28NO8P. The van der Waals surface area contributed by atoms with E-state index in [0.29, 0.717) is 0 Å². The summed E-state index contributed by atoms with van der Waals surface area (Å²) in [5, 5.41) is 2.35. The van der Waals surface area contributed by atoms with E-state index in [9.17, 15) is 23.8 Å². The highest BCUT2D eigenvalue weighted by atomic mass is 31.2. The Morgan fingerprint density at radius 2 is 1.79 bits per heavy atom. The molecule has 0 saturated heterocycles. The fraction of sp³-hybridized carbons (Fsp3) is 0.526. The Labute approximate surface area is 170 Å². The Kier molecular flexibility index (Phi) is 10.4. The molecule has 0 spiro atoms. The Morgan fingerprint density at radius 1 is 1.14 bits per heavy atom. The minimum absolute atomic E-state index is 0.0100. The van der Waals surface area contributed by atoms with Gasteiger partial charge in [-0.15, -0.1) is 0 Å². The third-order valence-corrected chi connectivity index (χ3v) is 6.08. The van der Waals surface area contributed by atoms with Crippen molar-refractivity contribution in [3.05, 3.63) is 35.9 Å². The van der Waals surface area contributed by atoms with Crippen molar-refractivity contribution in [2.24, 2.45) is 5.92 Å². The summed E-state index contributed by atoms with van der Waals surface area (Å²) in [4.78, 5) is 45.7. The van der Waals surface area contributed by atoms with Crippen molar-refractivity contribution in [1.82, 2.24) is 5.32 Å². The van der Waals surface area contributed by atoms with E-state index in [2.05, 4.69) is 10.1 Å². The number of hydrogen-bond acceptors (Lipinski definition) is 7. The molecule has 2 N–H and O–H groups in total. The highest BCUT2D eigenvalue weighted by Gasteiger charge is 2.30. The minimum atomic E-state index is -3.74. The number of rotatable bonds is 11. The predicted octanol–water partition coefficient (Wildman–Crippen LogP) is 2.31. The Hall–Kier alpha value is -2.38. The van der Waals surface area contributed by atoms with Gasteiger partial charge < -0.3 is 24.4 Å². The summed E-state index contributed by atoms with van der Waals surface area (Å²) in [6.07, 6.45) is -1.55. The van der Waals surface area contributed by atoms with Gasteiger partial charge in [-0.25, -0.2) is 9.59 Å². The molecule has 9 nitrogen and oxygen atoms in total. The van der Waals surface area contributed by atoms with Crippen molar-refractivity contribution in [2.75, 3.05) is 26.0 Å². The third-order valence-electron chi connectivity index (χ3n) is 4.01. The van der Waals surface area contributed by atoms with E-state index in [1.807, 2.05) is 6.07 Å². The molecule has 0 bridgehead atoms. The second-order valence-corrected chi connectivity index (χ2v) is 8.98. The molecule has 0 saturated carbocycles. The summed E-state index contributed by atoms with van der Waals surface area (Å²) >= 11 is 0. The van der Waals surface area contributed by atoms with Gasteiger partial charge in [0.25, 0.3) is 0 Å². The summed E-state index contributed by atoms with van der Waals surface area (Å²) in [6.45, 7) is 3.33. The average molecular weight is 429 g/mol. The van der Waals surface area contributed by atoms with E-state index >= 15 is 0 Å². The van der Waals surface area contributed by atoms with E-state index in [1.165, 1.54) is 6.92 Å². The van der Waals surface area contributed by atoms with Crippen molar-refractivity contribution in [1.29, 1.82) is 0 Å². The summed E-state index contributed by atoms with van der Waals surface area (Å²) in [5.74, 6) is -2.08. The van der Waals surface area contributed by atoms with Gasteiger partial charge in [-0.1, -0.05) is 37.3 Å². The fourth-order valence-electron chi connectivity index (χ4n) is 2.51. The van der Waals surface area contributed by atoms with Gasteiger partial charge in [0.2, 0.25) is 7.37 Å². The molecular weight excluding hydrogens is 401 g/mol. The molecule has 1 aromatic rings. The average Bonchev–Trinajstić information content (AvgIpc) is 2.69. The number of ether oxygens (including phenoxy) is 3. The van der Waals surface area contributed by atoms with Crippen LogP contribution in [0.25, 0.3) is 0 Å². The molecule has 1 aromatic carbocycles. The smallest absolute Gasteiger partial charge is 0.408 e. The highest BCUT2D eigenvalue weighted by Crippen LogP contribution is 2.43. The maximum absolute atomic E-state index is 12.4. The van der Waals surface area contributed by atoms with Gasteiger partial charge in [-0.3, -0.25) is 9.36 Å². The van der Waals surface area contributed by atoms with E-state index in [0.717, 1.165) is 12.7 Å². The molecule has 162 valence electrons. The van der Waals surface area contributed by atoms with Crippen LogP contribution in [0, 0.1) is 5.92 Å². The molecule has 0 aliphatic carbocycles. The van der Waals surface area contributed by atoms with E-state index in [4.69, 9.17) is 9.47 Å². The fourth-order valence-corrected chi connectivity index (χ4v) is 4.36. The molecule has 29 heavy (non-hydrogen) atoms. The molecule has 1 amide bonds. The molecule has 3 atom stereocenters. The number of nitrogens with one attached hydrogen (secondary N) is 1. The van der Waals surface area contributed by atoms with E-state index in [1.54, 1.807) is 31.2 Å². The van der Waals surface area contributed by atoms with E-state index < -0.39 is 37.4 Å². The number of benzene rings is 1. The van der Waals surface area contributed by atoms with Crippen molar-refractivity contribution in [3.8, 4) is 0 Å². The number of esters is 2. The largest absolute Gasteiger partial charge is 0.467 e. The first-order valence-corrected chi connectivity index (χ1v) is 11.2. The molecule has 0 fully saturated rings. The number of carbonyl (C=O) groups excluding carboxylic acids is 3. The number of hydrogen-bond donors (Lipinski definition) is 2. The lowest BCUT2D eigenvalue weighted by Gasteiger charge is -2.20. The Bertz CT molecular complexity index is 724. The van der Waals surface area contributed by atoms with Crippen LogP contribution in [0.2, 0.25) is 0 Å². The van der Waals surface area contributed by atoms with Crippen LogP contribution >= 0.6 is 7.37 Å². The molecule has 10 heteroatoms. The number of carbonyl (C=O) groups is 3. The van der Waals surface area contributed by atoms with Crippen LogP contribution in [-0.2, 0) is 35.0 Å². The van der Waals surface area contributed by atoms with Crippen LogP contribution < -0.4 is 5.32 Å². The Balaban J connectivity index is 2.59. The standard InChI is InChI=1S/C19H28NO8P/c1-4-27-17(21)14(2)13-29(24,25)11-10-16(18(22)26-3)20-19(23)28-12-15-8-6-5-7-9-15/h5-9,14,16H,4,10-13H2,1-3H3,(H,20,23)(H,24,25)/t14?,16-/m0/s1. The SMILES string of the molecule is CCOC(=O)C(C)CP(=O)(O)CC[C@H](NC(=O)OCc1ccccc1)C(=O)OC. The molecule has 0 aliphatic rings. The van der Waals surface area contributed by atoms with Crippen LogP contribution in [0.5, 0.6) is 0 Å². The summed E-state index contributed by atoms with van der Waals surface area (Å²) in [6, 6.07) is 7.82. The summed E-state index contributed by atoms with van der Waals surface area (Å²) in [7, 11) is -2.59. The van der Waals surface area contributed by atoms with Crippen molar-refractivity contribution < 1.29 is 38.1 Å². The molecule has 0 aromatic heterocycles. The van der Waals surface area contributed by atoms with Crippen molar-refractivity contribution >= 4 is 25.4 Å². The number of alkyl carbamates (subject to hydrolysis) is 1. The quantitative estimate of drug-likeness (QED) is 0.312. The first-order chi connectivity index (χ1) is 13.7. The van der Waals surface area contributed by atoms with Crippen LogP contribution in [-0.4, -0.2) is 55.0 Å². The number of amides is 1. The summed E-state index contributed by atoms with van der Waals surface area (Å²) in [5.41, 5.74) is 0.769. The number of methoxy groups -OCH3 is 1. The van der Waals surface area contributed by atoms with Crippen molar-refractivity contribution in [2.45, 2.75) is 32.9 Å². The van der Waals surface area contributed by atoms with Gasteiger partial charge in [-0.2, -0.15) is 0 Å². The molecule has 0 heterocycles. The first-order valence-electron chi connectivity index (χ1n) is 9.21. The van der Waals surface area contributed by atoms with Gasteiger partial charge in [0.05, 0.1) is 19.6 Å². The highest BCUT2D eigenvalue weighted by molar-refractivity contribution is 7.58. The zero-order chi connectivity index (χ0) is 21.9. The summed E-state index contributed by atoms with van der Waals surface area (Å²) < 4.78 is 26.9. The van der Waals surface area contributed by atoms with Crippen LogP contribution in [0.15, 0.2) is 30.3 Å². The lowest BCUT2D eigenvalue weighted by Crippen LogP contribution is -2.42. The van der Waals surface area contributed by atoms with Crippen molar-refractivity contribution in [3.63, 3.8) is 0 Å². The van der Waals surface area contributed by atoms with E-state index in [-0.39, 0.29) is 32.0 Å². The van der Waals surface area contributed by atoms with Crippen LogP contribution in [0.1, 0.15) is 25.8 Å². The minimum Gasteiger partial charge on any atom is -0.467 e. The Morgan fingerprint density at radius 3 is 2.38 bits per heavy atom. The van der Waals surface area contributed by atoms with Gasteiger partial charge >= 0.3 is 18.0 Å². The molecule has 0 aliphatic heterocycles. The van der Waals surface area contributed by atoms with Crippen LogP contribution in [0.4, 0.5) is 4.79 Å². The molecule has 1 rings (SSSR count). The zero-order valence-electron chi connectivity index (χ0n) is 16.8. The third kappa shape index (κ3) is 9.58. The van der Waals surface area contributed by atoms with Gasteiger partial charge in [-0.05, 0) is 18.9 Å². The monoisotopic (exact) mass is 429 g/mol. The second-order valence-electron chi connectivity index (χ2n) is 6.48. The van der Waals surface area contributed by atoms with Gasteiger partial charge in [0.15, 0.2) is 0 Å². The normalized spacial score (nSPS) is 14.8. The maximum atomic E-state index is 12.4. The van der Waals surface area contributed by atoms with Gasteiger partial charge in [0.1, 0.15) is 12.6 Å². The molecule has 0 radical (unpaired) electrons. The first kappa shape index (κ1) is 24.7. The predicted molar refractivity (Wildman–Crippen MR) is 106 cm³/mol. The maximum Gasteiger partial charge on any atom is 0.408 e. The lowest BCUT2D eigenvalue weighted by molar-refractivity contribution is -0.146. The zero-order valence-corrected chi connectivity index (χ0v) is 17.7. The topological polar surface area (TPSA) is 128 Å².